The zero-order valence-corrected chi connectivity index (χ0v) is 11.0. The zero-order chi connectivity index (χ0) is 12.3. The van der Waals surface area contributed by atoms with Crippen LogP contribution in [0, 0.1) is 6.92 Å². The Morgan fingerprint density at radius 2 is 2.06 bits per heavy atom. The molecule has 1 aliphatic carbocycles. The first-order chi connectivity index (χ1) is 8.13. The van der Waals surface area contributed by atoms with Gasteiger partial charge in [-0.1, -0.05) is 12.8 Å². The molecule has 0 bridgehead atoms. The average molecular weight is 234 g/mol. The molecule has 0 unspecified atom stereocenters. The number of aryl methyl sites for hydroxylation is 1. The van der Waals surface area contributed by atoms with Crippen LogP contribution in [0.2, 0.25) is 0 Å². The van der Waals surface area contributed by atoms with Crippen LogP contribution < -0.4 is 10.6 Å². The van der Waals surface area contributed by atoms with Gasteiger partial charge in [0.05, 0.1) is 0 Å². The molecule has 1 heterocycles. The molecule has 94 valence electrons. The maximum Gasteiger partial charge on any atom is 0.224 e. The first-order valence-corrected chi connectivity index (χ1v) is 6.49. The predicted octanol–water partition coefficient (Wildman–Crippen LogP) is 2.96. The van der Waals surface area contributed by atoms with E-state index in [9.17, 15) is 0 Å². The molecule has 1 fully saturated rings. The smallest absolute Gasteiger partial charge is 0.224 e. The molecule has 0 aromatic carbocycles. The minimum Gasteiger partial charge on any atom is -0.365 e. The van der Waals surface area contributed by atoms with Crippen LogP contribution in [-0.4, -0.2) is 22.1 Å². The van der Waals surface area contributed by atoms with Crippen LogP contribution in [0.5, 0.6) is 0 Å². The van der Waals surface area contributed by atoms with Crippen molar-refractivity contribution in [1.29, 1.82) is 0 Å². The van der Waals surface area contributed by atoms with E-state index in [0.717, 1.165) is 17.9 Å². The van der Waals surface area contributed by atoms with Crippen LogP contribution >= 0.6 is 0 Å². The van der Waals surface area contributed by atoms with Crippen molar-refractivity contribution in [3.63, 3.8) is 0 Å². The summed E-state index contributed by atoms with van der Waals surface area (Å²) in [4.78, 5) is 8.80. The van der Waals surface area contributed by atoms with Crippen molar-refractivity contribution in [3.8, 4) is 0 Å². The van der Waals surface area contributed by atoms with Crippen molar-refractivity contribution in [2.45, 2.75) is 52.0 Å². The molecule has 0 spiro atoms. The van der Waals surface area contributed by atoms with Crippen LogP contribution in [0.3, 0.4) is 0 Å². The van der Waals surface area contributed by atoms with Crippen LogP contribution in [-0.2, 0) is 0 Å². The summed E-state index contributed by atoms with van der Waals surface area (Å²) in [5.74, 6) is 1.68. The number of rotatable bonds is 4. The molecule has 0 atom stereocenters. The molecule has 2 N–H and O–H groups in total. The van der Waals surface area contributed by atoms with Crippen molar-refractivity contribution >= 4 is 11.8 Å². The Balaban J connectivity index is 2.16. The van der Waals surface area contributed by atoms with Gasteiger partial charge < -0.3 is 10.6 Å². The van der Waals surface area contributed by atoms with Gasteiger partial charge in [-0.3, -0.25) is 0 Å². The number of hydrogen-bond donors (Lipinski definition) is 2. The summed E-state index contributed by atoms with van der Waals surface area (Å²) >= 11 is 0. The van der Waals surface area contributed by atoms with Crippen molar-refractivity contribution < 1.29 is 0 Å². The molecule has 0 radical (unpaired) electrons. The minimum atomic E-state index is 0.211. The third kappa shape index (κ3) is 2.87. The predicted molar refractivity (Wildman–Crippen MR) is 71.4 cm³/mol. The number of anilines is 2. The van der Waals surface area contributed by atoms with E-state index in [4.69, 9.17) is 0 Å². The lowest BCUT2D eigenvalue weighted by Crippen LogP contribution is -2.31. The number of hydrogen-bond acceptors (Lipinski definition) is 4. The normalized spacial score (nSPS) is 18.1. The van der Waals surface area contributed by atoms with E-state index in [1.54, 1.807) is 0 Å². The summed E-state index contributed by atoms with van der Waals surface area (Å²) < 4.78 is 0. The van der Waals surface area contributed by atoms with Gasteiger partial charge in [-0.05, 0) is 33.6 Å². The van der Waals surface area contributed by atoms with Crippen LogP contribution in [0.15, 0.2) is 6.20 Å². The highest BCUT2D eigenvalue weighted by atomic mass is 15.2. The second kappa shape index (κ2) is 4.90. The fourth-order valence-corrected chi connectivity index (χ4v) is 2.38. The van der Waals surface area contributed by atoms with Crippen molar-refractivity contribution in [2.24, 2.45) is 0 Å². The molecule has 0 aliphatic heterocycles. The number of nitrogens with zero attached hydrogens (tertiary/aromatic N) is 2. The summed E-state index contributed by atoms with van der Waals surface area (Å²) in [5, 5.41) is 6.74. The van der Waals surface area contributed by atoms with Gasteiger partial charge in [0.2, 0.25) is 5.95 Å². The molecule has 0 amide bonds. The van der Waals surface area contributed by atoms with Crippen molar-refractivity contribution in [1.82, 2.24) is 9.97 Å². The highest BCUT2D eigenvalue weighted by molar-refractivity contribution is 5.48. The van der Waals surface area contributed by atoms with Gasteiger partial charge in [-0.15, -0.1) is 0 Å². The second-order valence-corrected chi connectivity index (χ2v) is 5.15. The largest absolute Gasteiger partial charge is 0.365 e. The average Bonchev–Trinajstić information content (AvgIpc) is 2.70. The SMILES string of the molecule is CCNc1ncc(C)c(NC2(C)CCCC2)n1. The summed E-state index contributed by atoms with van der Waals surface area (Å²) in [7, 11) is 0. The fraction of sp³-hybridized carbons (Fsp3) is 0.692. The highest BCUT2D eigenvalue weighted by Crippen LogP contribution is 2.32. The zero-order valence-electron chi connectivity index (χ0n) is 11.0. The molecular weight excluding hydrogens is 212 g/mol. The van der Waals surface area contributed by atoms with Crippen LogP contribution in [0.25, 0.3) is 0 Å². The fourth-order valence-electron chi connectivity index (χ4n) is 2.38. The Hall–Kier alpha value is -1.32. The van der Waals surface area contributed by atoms with E-state index in [1.165, 1.54) is 25.7 Å². The Morgan fingerprint density at radius 3 is 2.71 bits per heavy atom. The topological polar surface area (TPSA) is 49.8 Å². The van der Waals surface area contributed by atoms with Gasteiger partial charge in [0.1, 0.15) is 5.82 Å². The van der Waals surface area contributed by atoms with Crippen molar-refractivity contribution in [2.75, 3.05) is 17.2 Å². The molecule has 0 saturated heterocycles. The molecule has 1 aromatic rings. The van der Waals surface area contributed by atoms with Gasteiger partial charge >= 0.3 is 0 Å². The van der Waals surface area contributed by atoms with E-state index >= 15 is 0 Å². The first kappa shape index (κ1) is 12.1. The molecule has 4 heteroatoms. The third-order valence-corrected chi connectivity index (χ3v) is 3.43. The van der Waals surface area contributed by atoms with Crippen LogP contribution in [0.4, 0.5) is 11.8 Å². The Bertz CT molecular complexity index is 383. The third-order valence-electron chi connectivity index (χ3n) is 3.43. The molecule has 1 aliphatic rings. The van der Waals surface area contributed by atoms with Gasteiger partial charge in [0.15, 0.2) is 0 Å². The maximum atomic E-state index is 4.54. The quantitative estimate of drug-likeness (QED) is 0.841. The summed E-state index contributed by atoms with van der Waals surface area (Å²) in [5.41, 5.74) is 1.32. The van der Waals surface area contributed by atoms with E-state index in [1.807, 2.05) is 6.20 Å². The molecular formula is C13H22N4. The Labute approximate surface area is 103 Å². The Kier molecular flexibility index (Phi) is 3.50. The standard InChI is InChI=1S/C13H22N4/c1-4-14-12-15-9-10(2)11(16-12)17-13(3)7-5-6-8-13/h9H,4-8H2,1-3H3,(H2,14,15,16,17). The Morgan fingerprint density at radius 1 is 1.35 bits per heavy atom. The van der Waals surface area contributed by atoms with Crippen molar-refractivity contribution in [3.05, 3.63) is 11.8 Å². The summed E-state index contributed by atoms with van der Waals surface area (Å²) in [6.07, 6.45) is 6.97. The van der Waals surface area contributed by atoms with Gasteiger partial charge in [0, 0.05) is 23.8 Å². The van der Waals surface area contributed by atoms with E-state index in [2.05, 4.69) is 41.4 Å². The lowest BCUT2D eigenvalue weighted by Gasteiger charge is -2.27. The molecule has 2 rings (SSSR count). The molecule has 1 saturated carbocycles. The van der Waals surface area contributed by atoms with Gasteiger partial charge in [-0.2, -0.15) is 4.98 Å². The molecule has 17 heavy (non-hydrogen) atoms. The molecule has 4 nitrogen and oxygen atoms in total. The van der Waals surface area contributed by atoms with Crippen LogP contribution in [0.1, 0.15) is 45.1 Å². The van der Waals surface area contributed by atoms with E-state index < -0.39 is 0 Å². The summed E-state index contributed by atoms with van der Waals surface area (Å²) in [6.45, 7) is 7.24. The monoisotopic (exact) mass is 234 g/mol. The summed E-state index contributed by atoms with van der Waals surface area (Å²) in [6, 6.07) is 0. The van der Waals surface area contributed by atoms with E-state index in [-0.39, 0.29) is 5.54 Å². The highest BCUT2D eigenvalue weighted by Gasteiger charge is 2.29. The second-order valence-electron chi connectivity index (χ2n) is 5.15. The number of aromatic nitrogens is 2. The first-order valence-electron chi connectivity index (χ1n) is 6.49. The van der Waals surface area contributed by atoms with Gasteiger partial charge in [0.25, 0.3) is 0 Å². The van der Waals surface area contributed by atoms with Gasteiger partial charge in [-0.25, -0.2) is 4.98 Å². The molecule has 1 aromatic heterocycles. The number of nitrogens with one attached hydrogen (secondary N) is 2. The van der Waals surface area contributed by atoms with E-state index in [0.29, 0.717) is 5.95 Å². The lowest BCUT2D eigenvalue weighted by molar-refractivity contribution is 0.530. The maximum absolute atomic E-state index is 4.54. The lowest BCUT2D eigenvalue weighted by atomic mass is 10.0. The minimum absolute atomic E-state index is 0.211.